The van der Waals surface area contributed by atoms with Crippen molar-refractivity contribution in [2.45, 2.75) is 18.3 Å². The van der Waals surface area contributed by atoms with E-state index in [0.717, 1.165) is 28.8 Å². The molecular formula is C26H22N4. The number of pyridine rings is 1. The van der Waals surface area contributed by atoms with Gasteiger partial charge in [0.2, 0.25) is 5.95 Å². The van der Waals surface area contributed by atoms with E-state index in [1.54, 1.807) is 0 Å². The third-order valence-electron chi connectivity index (χ3n) is 5.66. The van der Waals surface area contributed by atoms with Crippen molar-refractivity contribution in [2.75, 3.05) is 5.73 Å². The van der Waals surface area contributed by atoms with Gasteiger partial charge in [-0.05, 0) is 29.7 Å². The highest BCUT2D eigenvalue weighted by atomic mass is 15.0. The smallest absolute Gasteiger partial charge is 0.220 e. The fourth-order valence-electron chi connectivity index (χ4n) is 4.16. The van der Waals surface area contributed by atoms with Gasteiger partial charge in [-0.1, -0.05) is 85.0 Å². The van der Waals surface area contributed by atoms with Crippen LogP contribution in [-0.4, -0.2) is 15.0 Å². The molecule has 1 aliphatic rings. The van der Waals surface area contributed by atoms with Crippen LogP contribution in [0.1, 0.15) is 28.9 Å². The summed E-state index contributed by atoms with van der Waals surface area (Å²) in [5, 5.41) is 0. The Kier molecular flexibility index (Phi) is 4.60. The van der Waals surface area contributed by atoms with Gasteiger partial charge in [0.15, 0.2) is 0 Å². The van der Waals surface area contributed by atoms with Crippen LogP contribution in [0.2, 0.25) is 0 Å². The fourth-order valence-corrected chi connectivity index (χ4v) is 4.16. The molecule has 4 aromatic rings. The summed E-state index contributed by atoms with van der Waals surface area (Å²) in [6.45, 7) is 0. The van der Waals surface area contributed by atoms with Crippen LogP contribution in [0.5, 0.6) is 0 Å². The van der Waals surface area contributed by atoms with E-state index in [-0.39, 0.29) is 11.4 Å². The van der Waals surface area contributed by atoms with Crippen LogP contribution in [0, 0.1) is 0 Å². The number of benzene rings is 2. The van der Waals surface area contributed by atoms with Crippen molar-refractivity contribution in [3.8, 4) is 0 Å². The Balaban J connectivity index is 1.68. The number of nitrogens with two attached hydrogens (primary N) is 1. The number of fused-ring (bicyclic) bond motifs is 1. The molecular weight excluding hydrogens is 368 g/mol. The van der Waals surface area contributed by atoms with Gasteiger partial charge >= 0.3 is 0 Å². The van der Waals surface area contributed by atoms with Gasteiger partial charge in [-0.2, -0.15) is 0 Å². The Morgan fingerprint density at radius 1 is 0.800 bits per heavy atom. The van der Waals surface area contributed by atoms with Crippen LogP contribution in [0.3, 0.4) is 0 Å². The number of allylic oxidation sites excluding steroid dienone is 4. The molecule has 0 bridgehead atoms. The van der Waals surface area contributed by atoms with Crippen LogP contribution in [0.15, 0.2) is 97.1 Å². The molecule has 1 aliphatic carbocycles. The summed E-state index contributed by atoms with van der Waals surface area (Å²) in [7, 11) is 0. The maximum atomic E-state index is 6.01. The Morgan fingerprint density at radius 2 is 1.57 bits per heavy atom. The van der Waals surface area contributed by atoms with Gasteiger partial charge in [-0.25, -0.2) is 15.0 Å². The second-order valence-electron chi connectivity index (χ2n) is 7.58. The lowest BCUT2D eigenvalue weighted by atomic mass is 9.72. The predicted molar refractivity (Wildman–Crippen MR) is 121 cm³/mol. The van der Waals surface area contributed by atoms with Crippen molar-refractivity contribution < 1.29 is 0 Å². The highest BCUT2D eigenvalue weighted by Crippen LogP contribution is 2.39. The highest BCUT2D eigenvalue weighted by Gasteiger charge is 2.33. The number of rotatable bonds is 4. The summed E-state index contributed by atoms with van der Waals surface area (Å²) in [6, 6.07) is 24.9. The van der Waals surface area contributed by atoms with Crippen LogP contribution >= 0.6 is 0 Å². The number of nitrogen functional groups attached to an aromatic ring is 1. The maximum absolute atomic E-state index is 6.01. The predicted octanol–water partition coefficient (Wildman–Crippen LogP) is 5.00. The van der Waals surface area contributed by atoms with Gasteiger partial charge in [-0.15, -0.1) is 0 Å². The van der Waals surface area contributed by atoms with Crippen LogP contribution in [-0.2, 0) is 11.8 Å². The molecule has 0 fully saturated rings. The van der Waals surface area contributed by atoms with E-state index in [1.165, 1.54) is 11.1 Å². The molecule has 2 heterocycles. The molecule has 1 atom stereocenters. The fraction of sp³-hybridized carbons (Fsp3) is 0.115. The normalized spacial score (nSPS) is 18.0. The first kappa shape index (κ1) is 18.3. The van der Waals surface area contributed by atoms with Gasteiger partial charge in [0.05, 0.1) is 22.3 Å². The lowest BCUT2D eigenvalue weighted by molar-refractivity contribution is 0.627. The van der Waals surface area contributed by atoms with Crippen molar-refractivity contribution in [2.24, 2.45) is 0 Å². The van der Waals surface area contributed by atoms with E-state index in [1.807, 2.05) is 30.3 Å². The molecule has 4 heteroatoms. The van der Waals surface area contributed by atoms with Gasteiger partial charge in [0.25, 0.3) is 0 Å². The summed E-state index contributed by atoms with van der Waals surface area (Å²) < 4.78 is 0. The molecule has 146 valence electrons. The second-order valence-corrected chi connectivity index (χ2v) is 7.58. The number of aromatic nitrogens is 3. The molecule has 0 saturated carbocycles. The van der Waals surface area contributed by atoms with Crippen LogP contribution < -0.4 is 5.73 Å². The third-order valence-corrected chi connectivity index (χ3v) is 5.66. The minimum Gasteiger partial charge on any atom is -0.368 e. The monoisotopic (exact) mass is 390 g/mol. The molecule has 0 spiro atoms. The maximum Gasteiger partial charge on any atom is 0.220 e. The largest absolute Gasteiger partial charge is 0.368 e. The van der Waals surface area contributed by atoms with Crippen LogP contribution in [0.4, 0.5) is 5.95 Å². The molecule has 4 nitrogen and oxygen atoms in total. The van der Waals surface area contributed by atoms with Crippen molar-refractivity contribution in [3.63, 3.8) is 0 Å². The van der Waals surface area contributed by atoms with E-state index in [2.05, 4.69) is 76.7 Å². The van der Waals surface area contributed by atoms with Crippen molar-refractivity contribution in [1.82, 2.24) is 15.0 Å². The molecule has 0 radical (unpaired) electrons. The standard InChI is InChI=1S/C26H22N4/c27-25-28-21-14-15-23(26(16-8-3-9-17-26)20-12-6-2-7-13-20)30-24(21)22(29-25)18-19-10-4-1-5-11-19/h1-16H,17-18H2,(H2,27,28,29). The topological polar surface area (TPSA) is 64.7 Å². The van der Waals surface area contributed by atoms with Gasteiger partial charge in [0.1, 0.15) is 5.52 Å². The Hall–Kier alpha value is -3.79. The number of hydrogen-bond donors (Lipinski definition) is 1. The summed E-state index contributed by atoms with van der Waals surface area (Å²) in [5.74, 6) is 0.279. The Morgan fingerprint density at radius 3 is 2.30 bits per heavy atom. The minimum atomic E-state index is -0.310. The lowest BCUT2D eigenvalue weighted by Gasteiger charge is -2.31. The third kappa shape index (κ3) is 3.26. The van der Waals surface area contributed by atoms with E-state index in [9.17, 15) is 0 Å². The molecule has 5 rings (SSSR count). The van der Waals surface area contributed by atoms with E-state index in [4.69, 9.17) is 10.7 Å². The summed E-state index contributed by atoms with van der Waals surface area (Å²) in [4.78, 5) is 14.1. The van der Waals surface area contributed by atoms with Gasteiger partial charge < -0.3 is 5.73 Å². The van der Waals surface area contributed by atoms with Gasteiger partial charge in [0, 0.05) is 6.42 Å². The zero-order valence-electron chi connectivity index (χ0n) is 16.6. The van der Waals surface area contributed by atoms with E-state index in [0.29, 0.717) is 6.42 Å². The Labute approximate surface area is 175 Å². The molecule has 2 aromatic heterocycles. The minimum absolute atomic E-state index is 0.279. The first-order chi connectivity index (χ1) is 14.7. The first-order valence-corrected chi connectivity index (χ1v) is 10.1. The van der Waals surface area contributed by atoms with E-state index >= 15 is 0 Å². The Bertz CT molecular complexity index is 1250. The van der Waals surface area contributed by atoms with Crippen molar-refractivity contribution >= 4 is 17.0 Å². The zero-order valence-corrected chi connectivity index (χ0v) is 16.6. The molecule has 1 unspecified atom stereocenters. The lowest BCUT2D eigenvalue weighted by Crippen LogP contribution is -2.27. The van der Waals surface area contributed by atoms with Crippen LogP contribution in [0.25, 0.3) is 11.0 Å². The first-order valence-electron chi connectivity index (χ1n) is 10.1. The number of nitrogens with zero attached hydrogens (tertiary/aromatic N) is 3. The van der Waals surface area contributed by atoms with E-state index < -0.39 is 0 Å². The zero-order chi connectivity index (χ0) is 20.4. The highest BCUT2D eigenvalue weighted by molar-refractivity contribution is 5.78. The SMILES string of the molecule is Nc1nc(Cc2ccccc2)c2nc(C3(c4ccccc4)C=CC=CC3)ccc2n1. The molecule has 0 amide bonds. The second kappa shape index (κ2) is 7.56. The number of anilines is 1. The van der Waals surface area contributed by atoms with Crippen molar-refractivity contribution in [1.29, 1.82) is 0 Å². The molecule has 0 aliphatic heterocycles. The number of hydrogen-bond acceptors (Lipinski definition) is 4. The average Bonchev–Trinajstić information content (AvgIpc) is 2.80. The summed E-state index contributed by atoms with van der Waals surface area (Å²) >= 11 is 0. The molecule has 30 heavy (non-hydrogen) atoms. The summed E-state index contributed by atoms with van der Waals surface area (Å²) in [5.41, 5.74) is 11.5. The summed E-state index contributed by atoms with van der Waals surface area (Å²) in [6.07, 6.45) is 10.2. The molecule has 2 aromatic carbocycles. The molecule has 2 N–H and O–H groups in total. The van der Waals surface area contributed by atoms with Crippen molar-refractivity contribution in [3.05, 3.63) is 120 Å². The van der Waals surface area contributed by atoms with Gasteiger partial charge in [-0.3, -0.25) is 0 Å². The average molecular weight is 390 g/mol. The molecule has 0 saturated heterocycles. The quantitative estimate of drug-likeness (QED) is 0.533.